The summed E-state index contributed by atoms with van der Waals surface area (Å²) >= 11 is 1.30. The molecule has 0 spiro atoms. The van der Waals surface area contributed by atoms with Gasteiger partial charge in [0, 0.05) is 18.5 Å². The Morgan fingerprint density at radius 2 is 2.11 bits per heavy atom. The Labute approximate surface area is 165 Å². The van der Waals surface area contributed by atoms with Gasteiger partial charge in [0.2, 0.25) is 0 Å². The predicted octanol–water partition coefficient (Wildman–Crippen LogP) is 3.73. The van der Waals surface area contributed by atoms with Crippen LogP contribution >= 0.6 is 11.3 Å². The number of fused-ring (bicyclic) bond motifs is 3. The molecule has 0 aliphatic carbocycles. The van der Waals surface area contributed by atoms with Gasteiger partial charge in [0.15, 0.2) is 0 Å². The summed E-state index contributed by atoms with van der Waals surface area (Å²) in [6, 6.07) is 7.24. The van der Waals surface area contributed by atoms with Crippen LogP contribution in [0.15, 0.2) is 33.5 Å². The first kappa shape index (κ1) is 18.7. The number of hydrogen-bond acceptors (Lipinski definition) is 6. The highest BCUT2D eigenvalue weighted by Crippen LogP contribution is 2.32. The van der Waals surface area contributed by atoms with Gasteiger partial charge in [-0.05, 0) is 44.9 Å². The molecule has 0 unspecified atom stereocenters. The third kappa shape index (κ3) is 3.30. The number of amides is 1. The maximum absolute atomic E-state index is 13.1. The Morgan fingerprint density at radius 3 is 2.89 bits per heavy atom. The monoisotopic (exact) mass is 399 g/mol. The number of esters is 1. The molecule has 0 N–H and O–H groups in total. The molecule has 0 saturated carbocycles. The highest BCUT2D eigenvalue weighted by Gasteiger charge is 2.30. The van der Waals surface area contributed by atoms with E-state index in [2.05, 4.69) is 0 Å². The summed E-state index contributed by atoms with van der Waals surface area (Å²) < 4.78 is 11.3. The maximum atomic E-state index is 13.1. The van der Waals surface area contributed by atoms with E-state index in [1.807, 2.05) is 19.1 Å². The van der Waals surface area contributed by atoms with Gasteiger partial charge >= 0.3 is 11.6 Å². The largest absolute Gasteiger partial charge is 0.466 e. The molecule has 28 heavy (non-hydrogen) atoms. The number of carbonyl (C=O) groups is 2. The van der Waals surface area contributed by atoms with E-state index in [9.17, 15) is 14.4 Å². The quantitative estimate of drug-likeness (QED) is 0.495. The number of hydrogen-bond donors (Lipinski definition) is 0. The normalized spacial score (nSPS) is 17.2. The van der Waals surface area contributed by atoms with Crippen LogP contribution in [0.25, 0.3) is 21.1 Å². The summed E-state index contributed by atoms with van der Waals surface area (Å²) in [5, 5.41) is 1.26. The van der Waals surface area contributed by atoms with Crippen molar-refractivity contribution >= 4 is 44.3 Å². The second kappa shape index (κ2) is 7.39. The minimum absolute atomic E-state index is 0.157. The van der Waals surface area contributed by atoms with Crippen LogP contribution in [0.4, 0.5) is 0 Å². The standard InChI is InChI=1S/C21H21NO5S/c1-3-26-20(24)13-5-4-8-22(11-13)19(23)17-10-15-18(28-17)14-9-12(2)6-7-16(14)27-21(15)25/h6-7,9-10,13H,3-5,8,11H2,1-2H3/t13-/m0/s1. The number of aryl methyl sites for hydroxylation is 1. The lowest BCUT2D eigenvalue weighted by Crippen LogP contribution is -2.42. The lowest BCUT2D eigenvalue weighted by Gasteiger charge is -2.31. The van der Waals surface area contributed by atoms with Crippen LogP contribution < -0.4 is 5.63 Å². The fraction of sp³-hybridized carbons (Fsp3) is 0.381. The minimum atomic E-state index is -0.440. The first-order valence-electron chi connectivity index (χ1n) is 9.41. The Hall–Kier alpha value is -2.67. The van der Waals surface area contributed by atoms with E-state index in [-0.39, 0.29) is 17.8 Å². The molecule has 0 radical (unpaired) electrons. The number of thiophene rings is 1. The summed E-state index contributed by atoms with van der Waals surface area (Å²) in [7, 11) is 0. The molecule has 1 amide bonds. The Balaban J connectivity index is 1.69. The lowest BCUT2D eigenvalue weighted by atomic mass is 9.98. The second-order valence-corrected chi connectivity index (χ2v) is 8.14. The van der Waals surface area contributed by atoms with E-state index in [1.54, 1.807) is 24.0 Å². The van der Waals surface area contributed by atoms with Crippen LogP contribution in [-0.4, -0.2) is 36.5 Å². The smallest absolute Gasteiger partial charge is 0.345 e. The fourth-order valence-corrected chi connectivity index (χ4v) is 4.82. The topological polar surface area (TPSA) is 76.8 Å². The molecule has 2 aromatic heterocycles. The molecule has 1 aromatic carbocycles. The predicted molar refractivity (Wildman–Crippen MR) is 108 cm³/mol. The van der Waals surface area contributed by atoms with Crippen LogP contribution in [0.2, 0.25) is 0 Å². The van der Waals surface area contributed by atoms with Gasteiger partial charge in [0.05, 0.1) is 27.5 Å². The van der Waals surface area contributed by atoms with Crippen molar-refractivity contribution in [3.8, 4) is 0 Å². The molecule has 6 nitrogen and oxygen atoms in total. The number of ether oxygens (including phenoxy) is 1. The molecular weight excluding hydrogens is 378 g/mol. The van der Waals surface area contributed by atoms with Crippen molar-refractivity contribution in [1.29, 1.82) is 0 Å². The van der Waals surface area contributed by atoms with E-state index in [1.165, 1.54) is 11.3 Å². The lowest BCUT2D eigenvalue weighted by molar-refractivity contribution is -0.149. The van der Waals surface area contributed by atoms with Crippen molar-refractivity contribution < 1.29 is 18.7 Å². The van der Waals surface area contributed by atoms with Crippen LogP contribution in [0.3, 0.4) is 0 Å². The van der Waals surface area contributed by atoms with Gasteiger partial charge in [-0.15, -0.1) is 11.3 Å². The van der Waals surface area contributed by atoms with Gasteiger partial charge in [-0.1, -0.05) is 11.6 Å². The molecule has 1 fully saturated rings. The third-order valence-electron chi connectivity index (χ3n) is 5.07. The van der Waals surface area contributed by atoms with Gasteiger partial charge in [0.25, 0.3) is 5.91 Å². The third-order valence-corrected chi connectivity index (χ3v) is 6.23. The first-order valence-corrected chi connectivity index (χ1v) is 10.2. The number of nitrogens with zero attached hydrogens (tertiary/aromatic N) is 1. The van der Waals surface area contributed by atoms with Crippen molar-refractivity contribution in [2.24, 2.45) is 5.92 Å². The summed E-state index contributed by atoms with van der Waals surface area (Å²) in [6.07, 6.45) is 1.48. The van der Waals surface area contributed by atoms with Crippen molar-refractivity contribution in [1.82, 2.24) is 4.90 Å². The summed E-state index contributed by atoms with van der Waals surface area (Å²) in [5.74, 6) is -0.700. The van der Waals surface area contributed by atoms with E-state index >= 15 is 0 Å². The van der Waals surface area contributed by atoms with Gasteiger partial charge in [-0.2, -0.15) is 0 Å². The number of benzene rings is 1. The first-order chi connectivity index (χ1) is 13.5. The van der Waals surface area contributed by atoms with Crippen molar-refractivity contribution in [3.63, 3.8) is 0 Å². The Kier molecular flexibility index (Phi) is 4.93. The molecule has 4 rings (SSSR count). The number of rotatable bonds is 3. The summed E-state index contributed by atoms with van der Waals surface area (Å²) in [5.41, 5.74) is 1.13. The fourth-order valence-electron chi connectivity index (χ4n) is 3.68. The molecule has 1 saturated heterocycles. The highest BCUT2D eigenvalue weighted by molar-refractivity contribution is 7.21. The van der Waals surface area contributed by atoms with E-state index in [0.717, 1.165) is 28.5 Å². The summed E-state index contributed by atoms with van der Waals surface area (Å²) in [6.45, 7) is 5.03. The molecule has 146 valence electrons. The van der Waals surface area contributed by atoms with Crippen molar-refractivity contribution in [3.05, 3.63) is 45.1 Å². The zero-order valence-electron chi connectivity index (χ0n) is 15.8. The minimum Gasteiger partial charge on any atom is -0.466 e. The van der Waals surface area contributed by atoms with Gasteiger partial charge in [-0.3, -0.25) is 9.59 Å². The molecule has 3 heterocycles. The summed E-state index contributed by atoms with van der Waals surface area (Å²) in [4.78, 5) is 39.6. The van der Waals surface area contributed by atoms with Crippen LogP contribution in [0.1, 0.15) is 35.0 Å². The molecule has 0 bridgehead atoms. The Bertz CT molecular complexity index is 1130. The maximum Gasteiger partial charge on any atom is 0.345 e. The number of piperidine rings is 1. The van der Waals surface area contributed by atoms with E-state index in [4.69, 9.17) is 9.15 Å². The zero-order valence-corrected chi connectivity index (χ0v) is 16.6. The highest BCUT2D eigenvalue weighted by atomic mass is 32.1. The van der Waals surface area contributed by atoms with E-state index < -0.39 is 5.63 Å². The second-order valence-electron chi connectivity index (χ2n) is 7.08. The van der Waals surface area contributed by atoms with Gasteiger partial charge in [0.1, 0.15) is 5.58 Å². The van der Waals surface area contributed by atoms with Crippen molar-refractivity contribution in [2.45, 2.75) is 26.7 Å². The number of likely N-dealkylation sites (tertiary alicyclic amines) is 1. The molecule has 3 aromatic rings. The molecule has 1 aliphatic heterocycles. The zero-order chi connectivity index (χ0) is 19.8. The average molecular weight is 399 g/mol. The molecular formula is C21H21NO5S. The number of carbonyl (C=O) groups excluding carboxylic acids is 2. The van der Waals surface area contributed by atoms with Crippen LogP contribution in [0, 0.1) is 12.8 Å². The molecule has 7 heteroatoms. The average Bonchev–Trinajstić information content (AvgIpc) is 3.15. The van der Waals surface area contributed by atoms with Crippen LogP contribution in [-0.2, 0) is 9.53 Å². The van der Waals surface area contributed by atoms with Gasteiger partial charge < -0.3 is 14.1 Å². The Morgan fingerprint density at radius 1 is 1.29 bits per heavy atom. The van der Waals surface area contributed by atoms with Crippen molar-refractivity contribution in [2.75, 3.05) is 19.7 Å². The van der Waals surface area contributed by atoms with E-state index in [0.29, 0.717) is 35.5 Å². The van der Waals surface area contributed by atoms with Crippen LogP contribution in [0.5, 0.6) is 0 Å². The molecule has 1 aliphatic rings. The molecule has 1 atom stereocenters. The SMILES string of the molecule is CCOC(=O)[C@H]1CCCN(C(=O)c2cc3c(=O)oc4ccc(C)cc4c3s2)C1. The van der Waals surface area contributed by atoms with Gasteiger partial charge in [-0.25, -0.2) is 4.79 Å².